The molecule has 1 atom stereocenters. The average Bonchev–Trinajstić information content (AvgIpc) is 2.97. The zero-order chi connectivity index (χ0) is 16.2. The van der Waals surface area contributed by atoms with Gasteiger partial charge in [-0.1, -0.05) is 0 Å². The smallest absolute Gasteiger partial charge is 0.416 e. The molecule has 0 radical (unpaired) electrons. The van der Waals surface area contributed by atoms with E-state index in [-0.39, 0.29) is 6.10 Å². The maximum absolute atomic E-state index is 12.6. The van der Waals surface area contributed by atoms with Crippen LogP contribution in [-0.2, 0) is 6.18 Å². The molecule has 0 aliphatic carbocycles. The Bertz CT molecular complexity index is 564. The number of alkyl halides is 3. The Labute approximate surface area is 132 Å². The third-order valence-electron chi connectivity index (χ3n) is 3.21. The Balaban J connectivity index is 2.10. The third-order valence-corrected chi connectivity index (χ3v) is 3.91. The summed E-state index contributed by atoms with van der Waals surface area (Å²) in [7, 11) is 3.95. The van der Waals surface area contributed by atoms with Crippen LogP contribution in [0.2, 0.25) is 0 Å². The first-order valence-electron chi connectivity index (χ1n) is 6.87. The SMILES string of the molecule is CN(C)CCC(Oc1ccc(C(F)(F)F)cc1)c1ccsc1. The fraction of sp³-hybridized carbons (Fsp3) is 0.375. The van der Waals surface area contributed by atoms with Crippen LogP contribution in [0.25, 0.3) is 0 Å². The Morgan fingerprint density at radius 2 is 1.82 bits per heavy atom. The summed E-state index contributed by atoms with van der Waals surface area (Å²) in [4.78, 5) is 2.05. The number of halogens is 3. The van der Waals surface area contributed by atoms with Gasteiger partial charge in [0.2, 0.25) is 0 Å². The molecule has 0 N–H and O–H groups in total. The largest absolute Gasteiger partial charge is 0.486 e. The number of hydrogen-bond donors (Lipinski definition) is 0. The molecule has 0 fully saturated rings. The Morgan fingerprint density at radius 1 is 1.14 bits per heavy atom. The van der Waals surface area contributed by atoms with E-state index in [2.05, 4.69) is 4.90 Å². The van der Waals surface area contributed by atoms with Crippen LogP contribution in [0.4, 0.5) is 13.2 Å². The molecule has 2 aromatic rings. The number of benzene rings is 1. The Kier molecular flexibility index (Phi) is 5.47. The second kappa shape index (κ2) is 7.15. The first-order chi connectivity index (χ1) is 10.4. The maximum atomic E-state index is 12.6. The molecule has 2 rings (SSSR count). The summed E-state index contributed by atoms with van der Waals surface area (Å²) < 4.78 is 43.6. The molecule has 0 amide bonds. The van der Waals surface area contributed by atoms with Crippen LogP contribution in [0.15, 0.2) is 41.1 Å². The topological polar surface area (TPSA) is 12.5 Å². The van der Waals surface area contributed by atoms with Gasteiger partial charge in [-0.3, -0.25) is 0 Å². The minimum Gasteiger partial charge on any atom is -0.486 e. The summed E-state index contributed by atoms with van der Waals surface area (Å²) in [6.45, 7) is 0.834. The van der Waals surface area contributed by atoms with Gasteiger partial charge in [0.15, 0.2) is 0 Å². The third kappa shape index (κ3) is 4.74. The van der Waals surface area contributed by atoms with Gasteiger partial charge in [-0.2, -0.15) is 24.5 Å². The van der Waals surface area contributed by atoms with Crippen LogP contribution < -0.4 is 4.74 Å². The zero-order valence-electron chi connectivity index (χ0n) is 12.4. The van der Waals surface area contributed by atoms with Crippen molar-refractivity contribution < 1.29 is 17.9 Å². The van der Waals surface area contributed by atoms with Crippen molar-refractivity contribution in [1.82, 2.24) is 4.90 Å². The highest BCUT2D eigenvalue weighted by Gasteiger charge is 2.30. The molecule has 1 aromatic heterocycles. The second-order valence-electron chi connectivity index (χ2n) is 5.28. The van der Waals surface area contributed by atoms with Crippen molar-refractivity contribution in [3.63, 3.8) is 0 Å². The standard InChI is InChI=1S/C16H18F3NOS/c1-20(2)9-7-15(12-8-10-22-11-12)21-14-5-3-13(4-6-14)16(17,18)19/h3-6,8,10-11,15H,7,9H2,1-2H3. The van der Waals surface area contributed by atoms with Gasteiger partial charge in [0.1, 0.15) is 11.9 Å². The minimum absolute atomic E-state index is 0.162. The van der Waals surface area contributed by atoms with Crippen LogP contribution in [0.3, 0.4) is 0 Å². The van der Waals surface area contributed by atoms with E-state index in [0.29, 0.717) is 5.75 Å². The van der Waals surface area contributed by atoms with Gasteiger partial charge in [0, 0.05) is 18.5 Å². The molecule has 0 saturated carbocycles. The zero-order valence-corrected chi connectivity index (χ0v) is 13.2. The van der Waals surface area contributed by atoms with Crippen molar-refractivity contribution in [2.24, 2.45) is 0 Å². The van der Waals surface area contributed by atoms with Crippen molar-refractivity contribution in [3.8, 4) is 5.75 Å². The van der Waals surface area contributed by atoms with Crippen LogP contribution in [0, 0.1) is 0 Å². The van der Waals surface area contributed by atoms with Gasteiger partial charge in [-0.25, -0.2) is 0 Å². The number of thiophene rings is 1. The lowest BCUT2D eigenvalue weighted by Gasteiger charge is -2.20. The predicted molar refractivity (Wildman–Crippen MR) is 82.3 cm³/mol. The van der Waals surface area contributed by atoms with E-state index in [9.17, 15) is 13.2 Å². The van der Waals surface area contributed by atoms with Gasteiger partial charge in [0.25, 0.3) is 0 Å². The van der Waals surface area contributed by atoms with Crippen molar-refractivity contribution in [3.05, 3.63) is 52.2 Å². The lowest BCUT2D eigenvalue weighted by atomic mass is 10.1. The number of rotatable bonds is 6. The molecule has 0 bridgehead atoms. The molecule has 0 saturated heterocycles. The number of ether oxygens (including phenoxy) is 1. The summed E-state index contributed by atoms with van der Waals surface area (Å²) in [5.41, 5.74) is 0.381. The molecule has 22 heavy (non-hydrogen) atoms. The molecule has 0 aliphatic rings. The maximum Gasteiger partial charge on any atom is 0.416 e. The first-order valence-corrected chi connectivity index (χ1v) is 7.81. The summed E-state index contributed by atoms with van der Waals surface area (Å²) in [5, 5.41) is 3.97. The molecule has 6 heteroatoms. The van der Waals surface area contributed by atoms with Crippen molar-refractivity contribution in [2.45, 2.75) is 18.7 Å². The summed E-state index contributed by atoms with van der Waals surface area (Å²) >= 11 is 1.58. The van der Waals surface area contributed by atoms with Crippen LogP contribution in [0.5, 0.6) is 5.75 Å². The van der Waals surface area contributed by atoms with E-state index in [1.807, 2.05) is 30.9 Å². The Morgan fingerprint density at radius 3 is 2.32 bits per heavy atom. The van der Waals surface area contributed by atoms with E-state index in [4.69, 9.17) is 4.74 Å². The second-order valence-corrected chi connectivity index (χ2v) is 6.06. The molecule has 2 nitrogen and oxygen atoms in total. The van der Waals surface area contributed by atoms with Gasteiger partial charge < -0.3 is 9.64 Å². The van der Waals surface area contributed by atoms with Crippen LogP contribution in [-0.4, -0.2) is 25.5 Å². The van der Waals surface area contributed by atoms with Gasteiger partial charge in [0.05, 0.1) is 5.56 Å². The van der Waals surface area contributed by atoms with Crippen molar-refractivity contribution in [1.29, 1.82) is 0 Å². The monoisotopic (exact) mass is 329 g/mol. The highest BCUT2D eigenvalue weighted by atomic mass is 32.1. The van der Waals surface area contributed by atoms with E-state index in [1.165, 1.54) is 12.1 Å². The fourth-order valence-corrected chi connectivity index (χ4v) is 2.72. The molecule has 0 spiro atoms. The molecular formula is C16H18F3NOS. The molecule has 1 aromatic carbocycles. The van der Waals surface area contributed by atoms with Gasteiger partial charge in [-0.05, 0) is 55.2 Å². The van der Waals surface area contributed by atoms with E-state index >= 15 is 0 Å². The lowest BCUT2D eigenvalue weighted by Crippen LogP contribution is -2.18. The summed E-state index contributed by atoms with van der Waals surface area (Å²) in [5.74, 6) is 0.447. The highest BCUT2D eigenvalue weighted by Crippen LogP contribution is 2.32. The molecule has 1 heterocycles. The predicted octanol–water partition coefficient (Wildman–Crippen LogP) is 4.84. The first kappa shape index (κ1) is 16.8. The normalized spacial score (nSPS) is 13.4. The molecule has 120 valence electrons. The van der Waals surface area contributed by atoms with Gasteiger partial charge in [-0.15, -0.1) is 0 Å². The molecular weight excluding hydrogens is 311 g/mol. The fourth-order valence-electron chi connectivity index (χ4n) is 2.01. The quantitative estimate of drug-likeness (QED) is 0.752. The van der Waals surface area contributed by atoms with E-state index < -0.39 is 11.7 Å². The van der Waals surface area contributed by atoms with Gasteiger partial charge >= 0.3 is 6.18 Å². The van der Waals surface area contributed by atoms with Crippen LogP contribution >= 0.6 is 11.3 Å². The number of hydrogen-bond acceptors (Lipinski definition) is 3. The molecule has 0 aliphatic heterocycles. The van der Waals surface area contributed by atoms with Crippen LogP contribution in [0.1, 0.15) is 23.7 Å². The summed E-state index contributed by atoms with van der Waals surface area (Å²) in [6, 6.07) is 6.82. The lowest BCUT2D eigenvalue weighted by molar-refractivity contribution is -0.137. The summed E-state index contributed by atoms with van der Waals surface area (Å²) in [6.07, 6.45) is -3.72. The highest BCUT2D eigenvalue weighted by molar-refractivity contribution is 7.07. The Hall–Kier alpha value is -1.53. The number of nitrogens with zero attached hydrogens (tertiary/aromatic N) is 1. The van der Waals surface area contributed by atoms with Crippen molar-refractivity contribution in [2.75, 3.05) is 20.6 Å². The molecule has 1 unspecified atom stereocenters. The van der Waals surface area contributed by atoms with E-state index in [0.717, 1.165) is 30.7 Å². The minimum atomic E-state index is -4.32. The van der Waals surface area contributed by atoms with Crippen molar-refractivity contribution >= 4 is 11.3 Å². The van der Waals surface area contributed by atoms with E-state index in [1.54, 1.807) is 11.3 Å². The average molecular weight is 329 g/mol.